The van der Waals surface area contributed by atoms with Crippen LogP contribution in [0.5, 0.6) is 11.5 Å². The maximum absolute atomic E-state index is 12.2. The van der Waals surface area contributed by atoms with Crippen molar-refractivity contribution in [1.82, 2.24) is 0 Å². The molecule has 1 aliphatic rings. The van der Waals surface area contributed by atoms with Crippen LogP contribution in [0.3, 0.4) is 0 Å². The van der Waals surface area contributed by atoms with Gasteiger partial charge in [-0.25, -0.2) is 0 Å². The second kappa shape index (κ2) is 11.9. The number of ether oxygens (including phenoxy) is 2. The van der Waals surface area contributed by atoms with Gasteiger partial charge in [0.2, 0.25) is 0 Å². The molecule has 0 bridgehead atoms. The molecule has 0 aliphatic heterocycles. The topological polar surface area (TPSA) is 127 Å². The number of aromatic hydroxyl groups is 1. The number of phenols is 1. The van der Waals surface area contributed by atoms with Gasteiger partial charge < -0.3 is 19.7 Å². The first kappa shape index (κ1) is 25.7. The molecule has 1 aromatic rings. The molecular formula is C25H28O8. The Kier molecular flexibility index (Phi) is 9.30. The van der Waals surface area contributed by atoms with Crippen molar-refractivity contribution in [2.75, 3.05) is 7.11 Å². The molecule has 2 rings (SSSR count). The Morgan fingerprint density at radius 1 is 1.09 bits per heavy atom. The van der Waals surface area contributed by atoms with Crippen molar-refractivity contribution in [1.29, 1.82) is 0 Å². The highest BCUT2D eigenvalue weighted by Gasteiger charge is 2.30. The van der Waals surface area contributed by atoms with E-state index in [9.17, 15) is 29.4 Å². The summed E-state index contributed by atoms with van der Waals surface area (Å²) < 4.78 is 10.5. The highest BCUT2D eigenvalue weighted by Crippen LogP contribution is 2.28. The lowest BCUT2D eigenvalue weighted by molar-refractivity contribution is -0.144. The first-order valence-electron chi connectivity index (χ1n) is 10.4. The molecule has 1 aliphatic carbocycles. The van der Waals surface area contributed by atoms with E-state index in [1.54, 1.807) is 18.2 Å². The first-order valence-corrected chi connectivity index (χ1v) is 10.4. The lowest BCUT2D eigenvalue weighted by Crippen LogP contribution is -2.36. The Hall–Kier alpha value is -3.52. The van der Waals surface area contributed by atoms with Crippen LogP contribution in [-0.2, 0) is 23.9 Å². The fraction of sp³-hybridized carbons (Fsp3) is 0.360. The van der Waals surface area contributed by atoms with Crippen molar-refractivity contribution in [2.24, 2.45) is 5.92 Å². The number of hydrogen-bond acceptors (Lipinski definition) is 8. The molecule has 176 valence electrons. The first-order chi connectivity index (χ1) is 15.6. The number of Topliss-reactive ketones (excluding diaryl/α,β-unsaturated/α-hetero) is 2. The molecule has 0 saturated heterocycles. The van der Waals surface area contributed by atoms with Crippen LogP contribution >= 0.6 is 0 Å². The van der Waals surface area contributed by atoms with E-state index in [1.165, 1.54) is 51.3 Å². The van der Waals surface area contributed by atoms with E-state index < -0.39 is 23.8 Å². The van der Waals surface area contributed by atoms with Crippen molar-refractivity contribution in [3.8, 4) is 11.5 Å². The van der Waals surface area contributed by atoms with Crippen LogP contribution in [0.2, 0.25) is 0 Å². The van der Waals surface area contributed by atoms with E-state index in [1.807, 2.05) is 0 Å². The SMILES string of the molecule is COc1cc(/C=C/C(=O)CC(=O)/C=C/C2CC=C(O)C(OC(C(C)=O)C(C)=O)C2)ccc1O. The third kappa shape index (κ3) is 7.84. The lowest BCUT2D eigenvalue weighted by Gasteiger charge is -2.27. The Morgan fingerprint density at radius 2 is 1.76 bits per heavy atom. The molecule has 33 heavy (non-hydrogen) atoms. The van der Waals surface area contributed by atoms with Crippen molar-refractivity contribution >= 4 is 29.2 Å². The van der Waals surface area contributed by atoms with Gasteiger partial charge in [-0.1, -0.05) is 18.2 Å². The van der Waals surface area contributed by atoms with E-state index in [-0.39, 0.29) is 41.2 Å². The average Bonchev–Trinajstić information content (AvgIpc) is 2.76. The van der Waals surface area contributed by atoms with Crippen LogP contribution < -0.4 is 4.74 Å². The standard InChI is InChI=1S/C25H28O8/c1-15(26)25(16(2)27)33-24-13-18(7-11-22(24)31)5-9-20(29)14-19(28)8-4-17-6-10-21(30)23(12-17)32-3/h4-6,8-12,18,24-25,30-31H,7,13-14H2,1-3H3/b8-4+,9-5+. The molecule has 0 spiro atoms. The van der Waals surface area contributed by atoms with Crippen LogP contribution in [0.15, 0.2) is 48.3 Å². The second-order valence-corrected chi connectivity index (χ2v) is 7.82. The summed E-state index contributed by atoms with van der Waals surface area (Å²) in [6.45, 7) is 2.49. The molecule has 1 aromatic carbocycles. The number of methoxy groups -OCH3 is 1. The Balaban J connectivity index is 1.92. The zero-order chi connectivity index (χ0) is 24.5. The summed E-state index contributed by atoms with van der Waals surface area (Å²) in [5.74, 6) is -1.61. The van der Waals surface area contributed by atoms with E-state index >= 15 is 0 Å². The van der Waals surface area contributed by atoms with E-state index in [0.29, 0.717) is 18.4 Å². The van der Waals surface area contributed by atoms with Crippen LogP contribution in [0, 0.1) is 5.92 Å². The largest absolute Gasteiger partial charge is 0.510 e. The Morgan fingerprint density at radius 3 is 2.39 bits per heavy atom. The lowest BCUT2D eigenvalue weighted by atomic mass is 9.90. The van der Waals surface area contributed by atoms with E-state index in [4.69, 9.17) is 9.47 Å². The monoisotopic (exact) mass is 456 g/mol. The van der Waals surface area contributed by atoms with Crippen molar-refractivity contribution in [3.05, 3.63) is 53.8 Å². The minimum atomic E-state index is -1.24. The summed E-state index contributed by atoms with van der Waals surface area (Å²) in [6.07, 6.45) is 5.67. The Bertz CT molecular complexity index is 988. The quantitative estimate of drug-likeness (QED) is 0.384. The van der Waals surface area contributed by atoms with Crippen molar-refractivity contribution in [2.45, 2.75) is 45.3 Å². The maximum Gasteiger partial charge on any atom is 0.174 e. The predicted molar refractivity (Wildman–Crippen MR) is 121 cm³/mol. The van der Waals surface area contributed by atoms with Gasteiger partial charge in [0.25, 0.3) is 0 Å². The van der Waals surface area contributed by atoms with Gasteiger partial charge in [0.15, 0.2) is 40.7 Å². The zero-order valence-corrected chi connectivity index (χ0v) is 18.8. The van der Waals surface area contributed by atoms with Crippen LogP contribution in [0.1, 0.15) is 38.7 Å². The second-order valence-electron chi connectivity index (χ2n) is 7.82. The van der Waals surface area contributed by atoms with Gasteiger partial charge in [-0.05, 0) is 68.5 Å². The number of allylic oxidation sites excluding steroid dienone is 4. The van der Waals surface area contributed by atoms with E-state index in [0.717, 1.165) is 0 Å². The van der Waals surface area contributed by atoms with Gasteiger partial charge in [-0.2, -0.15) is 0 Å². The highest BCUT2D eigenvalue weighted by atomic mass is 16.5. The summed E-state index contributed by atoms with van der Waals surface area (Å²) in [6, 6.07) is 4.62. The number of benzene rings is 1. The molecule has 0 aromatic heterocycles. The third-order valence-electron chi connectivity index (χ3n) is 5.08. The molecule has 8 heteroatoms. The number of carbonyl (C=O) groups excluding carboxylic acids is 4. The molecule has 0 fully saturated rings. The number of phenolic OH excluding ortho intramolecular Hbond substituents is 1. The zero-order valence-electron chi connectivity index (χ0n) is 18.8. The van der Waals surface area contributed by atoms with Crippen LogP contribution in [0.25, 0.3) is 6.08 Å². The number of aliphatic hydroxyl groups excluding tert-OH is 1. The molecule has 8 nitrogen and oxygen atoms in total. The fourth-order valence-electron chi connectivity index (χ4n) is 3.34. The normalized spacial score (nSPS) is 18.5. The van der Waals surface area contributed by atoms with E-state index in [2.05, 4.69) is 0 Å². The minimum Gasteiger partial charge on any atom is -0.510 e. The molecule has 0 radical (unpaired) electrons. The smallest absolute Gasteiger partial charge is 0.174 e. The maximum atomic E-state index is 12.2. The van der Waals surface area contributed by atoms with Gasteiger partial charge in [0, 0.05) is 0 Å². The fourth-order valence-corrected chi connectivity index (χ4v) is 3.34. The van der Waals surface area contributed by atoms with Gasteiger partial charge in [0.1, 0.15) is 11.9 Å². The molecule has 0 saturated carbocycles. The molecule has 2 atom stereocenters. The number of hydrogen-bond donors (Lipinski definition) is 2. The number of rotatable bonds is 11. The molecule has 2 unspecified atom stereocenters. The van der Waals surface area contributed by atoms with Crippen molar-refractivity contribution < 1.29 is 38.9 Å². The van der Waals surface area contributed by atoms with Crippen molar-refractivity contribution in [3.63, 3.8) is 0 Å². The van der Waals surface area contributed by atoms with Gasteiger partial charge in [-0.3, -0.25) is 19.2 Å². The number of carbonyl (C=O) groups is 4. The molecular weight excluding hydrogens is 428 g/mol. The Labute approximate surface area is 192 Å². The summed E-state index contributed by atoms with van der Waals surface area (Å²) in [7, 11) is 1.42. The predicted octanol–water partition coefficient (Wildman–Crippen LogP) is 3.28. The van der Waals surface area contributed by atoms with Gasteiger partial charge >= 0.3 is 0 Å². The molecule has 0 amide bonds. The summed E-state index contributed by atoms with van der Waals surface area (Å²) >= 11 is 0. The number of aliphatic hydroxyl groups is 1. The third-order valence-corrected chi connectivity index (χ3v) is 5.08. The highest BCUT2D eigenvalue weighted by molar-refractivity contribution is 6.09. The van der Waals surface area contributed by atoms with Gasteiger partial charge in [-0.15, -0.1) is 0 Å². The summed E-state index contributed by atoms with van der Waals surface area (Å²) in [5, 5.41) is 19.6. The average molecular weight is 456 g/mol. The van der Waals surface area contributed by atoms with Crippen LogP contribution in [0.4, 0.5) is 0 Å². The molecule has 0 heterocycles. The molecule has 2 N–H and O–H groups in total. The minimum absolute atomic E-state index is 0.0158. The summed E-state index contributed by atoms with van der Waals surface area (Å²) in [5.41, 5.74) is 0.634. The summed E-state index contributed by atoms with van der Waals surface area (Å²) in [4.78, 5) is 47.5. The van der Waals surface area contributed by atoms with Crippen LogP contribution in [-0.4, -0.2) is 52.7 Å². The number of ketones is 4. The van der Waals surface area contributed by atoms with Gasteiger partial charge in [0.05, 0.1) is 13.5 Å².